The van der Waals surface area contributed by atoms with E-state index in [9.17, 15) is 13.5 Å². The predicted molar refractivity (Wildman–Crippen MR) is 108 cm³/mol. The van der Waals surface area contributed by atoms with Crippen LogP contribution in [-0.2, 0) is 27.8 Å². The van der Waals surface area contributed by atoms with Gasteiger partial charge in [-0.05, 0) is 45.5 Å². The summed E-state index contributed by atoms with van der Waals surface area (Å²) in [5.74, 6) is 0. The van der Waals surface area contributed by atoms with Crippen molar-refractivity contribution in [2.45, 2.75) is 55.5 Å². The molecule has 0 amide bonds. The zero-order valence-electron chi connectivity index (χ0n) is 16.8. The largest absolute Gasteiger partial charge is 0.394 e. The van der Waals surface area contributed by atoms with Gasteiger partial charge in [-0.25, -0.2) is 13.1 Å². The summed E-state index contributed by atoms with van der Waals surface area (Å²) in [4.78, 5) is 2.24. The number of rotatable bonds is 9. The number of aliphatic hydroxyl groups is 1. The molecule has 10 heteroatoms. The molecule has 160 valence electrons. The number of ether oxygens (including phenoxy) is 1. The van der Waals surface area contributed by atoms with Gasteiger partial charge >= 0.3 is 0 Å². The maximum Gasteiger partial charge on any atom is 0.240 e. The van der Waals surface area contributed by atoms with Gasteiger partial charge in [-0.15, -0.1) is 5.10 Å². The number of sulfonamides is 1. The van der Waals surface area contributed by atoms with Gasteiger partial charge in [0.1, 0.15) is 0 Å². The molecule has 1 aliphatic rings. The number of aromatic nitrogens is 3. The summed E-state index contributed by atoms with van der Waals surface area (Å²) in [6.45, 7) is 1.15. The average molecular weight is 424 g/mol. The van der Waals surface area contributed by atoms with Crippen molar-refractivity contribution in [3.63, 3.8) is 0 Å². The van der Waals surface area contributed by atoms with Crippen molar-refractivity contribution in [1.29, 1.82) is 0 Å². The van der Waals surface area contributed by atoms with Gasteiger partial charge in [-0.3, -0.25) is 4.68 Å². The molecular weight excluding hydrogens is 394 g/mol. The molecule has 1 aliphatic heterocycles. The van der Waals surface area contributed by atoms with E-state index in [-0.39, 0.29) is 17.6 Å². The first-order valence-electron chi connectivity index (χ1n) is 9.75. The molecule has 1 fully saturated rings. The number of aryl methyl sites for hydroxylation is 1. The summed E-state index contributed by atoms with van der Waals surface area (Å²) in [5, 5.41) is 18.0. The highest BCUT2D eigenvalue weighted by molar-refractivity contribution is 7.89. The van der Waals surface area contributed by atoms with E-state index >= 15 is 0 Å². The van der Waals surface area contributed by atoms with Crippen molar-refractivity contribution in [3.8, 4) is 0 Å². The number of nitrogens with one attached hydrogen (secondary N) is 1. The van der Waals surface area contributed by atoms with Gasteiger partial charge in [-0.1, -0.05) is 23.4 Å². The summed E-state index contributed by atoms with van der Waals surface area (Å²) in [7, 11) is 0.307. The number of hydrogen-bond donors (Lipinski definition) is 2. The van der Waals surface area contributed by atoms with Crippen molar-refractivity contribution in [2.24, 2.45) is 0 Å². The lowest BCUT2D eigenvalue weighted by atomic mass is 9.98. The third kappa shape index (κ3) is 6.06. The number of aliphatic hydroxyl groups excluding tert-OH is 1. The van der Waals surface area contributed by atoms with E-state index in [0.717, 1.165) is 18.7 Å². The van der Waals surface area contributed by atoms with E-state index in [1.54, 1.807) is 35.0 Å². The van der Waals surface area contributed by atoms with Crippen LogP contribution < -0.4 is 4.72 Å². The SMILES string of the molecule is CN(C)Cc1cn(CC[C@@H]2CC[C@@H](NS(=O)(=O)c3ccccc3)[C@@H](CO)O2)nn1. The Labute approximate surface area is 171 Å². The molecule has 2 aromatic rings. The molecule has 3 atom stereocenters. The molecule has 0 saturated carbocycles. The Bertz CT molecular complexity index is 872. The Morgan fingerprint density at radius 1 is 1.28 bits per heavy atom. The van der Waals surface area contributed by atoms with Gasteiger partial charge in [-0.2, -0.15) is 0 Å². The van der Waals surface area contributed by atoms with E-state index in [1.165, 1.54) is 0 Å². The van der Waals surface area contributed by atoms with Crippen LogP contribution in [-0.4, -0.2) is 72.4 Å². The van der Waals surface area contributed by atoms with Crippen LogP contribution in [0.2, 0.25) is 0 Å². The van der Waals surface area contributed by atoms with Gasteiger partial charge in [0, 0.05) is 19.3 Å². The molecule has 3 rings (SSSR count). The second-order valence-electron chi connectivity index (χ2n) is 7.60. The molecule has 0 aliphatic carbocycles. The summed E-state index contributed by atoms with van der Waals surface area (Å²) < 4.78 is 35.6. The first kappa shape index (κ1) is 21.8. The maximum absolute atomic E-state index is 12.6. The second kappa shape index (κ2) is 9.77. The monoisotopic (exact) mass is 423 g/mol. The van der Waals surface area contributed by atoms with Crippen molar-refractivity contribution in [1.82, 2.24) is 24.6 Å². The predicted octanol–water partition coefficient (Wildman–Crippen LogP) is 0.617. The van der Waals surface area contributed by atoms with Crippen LogP contribution in [0, 0.1) is 0 Å². The lowest BCUT2D eigenvalue weighted by Crippen LogP contribution is -2.50. The Hall–Kier alpha value is -1.85. The molecule has 0 unspecified atom stereocenters. The van der Waals surface area contributed by atoms with Gasteiger partial charge in [0.2, 0.25) is 10.0 Å². The van der Waals surface area contributed by atoms with Gasteiger partial charge in [0.05, 0.1) is 35.4 Å². The minimum atomic E-state index is -3.65. The first-order valence-corrected chi connectivity index (χ1v) is 11.2. The fourth-order valence-electron chi connectivity index (χ4n) is 3.47. The Morgan fingerprint density at radius 2 is 2.03 bits per heavy atom. The third-order valence-electron chi connectivity index (χ3n) is 4.90. The minimum absolute atomic E-state index is 0.0638. The Morgan fingerprint density at radius 3 is 2.72 bits per heavy atom. The molecule has 9 nitrogen and oxygen atoms in total. The summed E-state index contributed by atoms with van der Waals surface area (Å²) in [6, 6.07) is 7.76. The van der Waals surface area contributed by atoms with Crippen LogP contribution >= 0.6 is 0 Å². The van der Waals surface area contributed by atoms with Crippen LogP contribution in [0.3, 0.4) is 0 Å². The molecule has 0 spiro atoms. The van der Waals surface area contributed by atoms with Crippen LogP contribution in [0.15, 0.2) is 41.4 Å². The molecule has 0 radical (unpaired) electrons. The van der Waals surface area contributed by atoms with Gasteiger partial charge in [0.15, 0.2) is 0 Å². The Kier molecular flexibility index (Phi) is 7.36. The number of benzene rings is 1. The van der Waals surface area contributed by atoms with E-state index in [1.807, 2.05) is 25.2 Å². The van der Waals surface area contributed by atoms with Crippen molar-refractivity contribution >= 4 is 10.0 Å². The standard InChI is InChI=1S/C19H29N5O4S/c1-23(2)12-15-13-24(22-20-15)11-10-16-8-9-18(19(14-25)28-16)21-29(26,27)17-6-4-3-5-7-17/h3-7,13,16,18-19,21,25H,8-12,14H2,1-2H3/t16-,18+,19+/m0/s1. The molecule has 1 aromatic heterocycles. The summed E-state index contributed by atoms with van der Waals surface area (Å²) in [6.07, 6.45) is 3.31. The van der Waals surface area contributed by atoms with E-state index < -0.39 is 22.2 Å². The van der Waals surface area contributed by atoms with Crippen molar-refractivity contribution in [2.75, 3.05) is 20.7 Å². The lowest BCUT2D eigenvalue weighted by molar-refractivity contribution is -0.0891. The molecule has 1 saturated heterocycles. The van der Waals surface area contributed by atoms with E-state index in [2.05, 4.69) is 15.0 Å². The summed E-state index contributed by atoms with van der Waals surface area (Å²) >= 11 is 0. The van der Waals surface area contributed by atoms with Crippen LogP contribution in [0.5, 0.6) is 0 Å². The van der Waals surface area contributed by atoms with Crippen molar-refractivity contribution < 1.29 is 18.3 Å². The third-order valence-corrected chi connectivity index (χ3v) is 6.41. The molecule has 2 heterocycles. The van der Waals surface area contributed by atoms with Crippen LogP contribution in [0.25, 0.3) is 0 Å². The highest BCUT2D eigenvalue weighted by Crippen LogP contribution is 2.24. The van der Waals surface area contributed by atoms with E-state index in [4.69, 9.17) is 4.74 Å². The zero-order chi connectivity index (χ0) is 20.9. The fourth-order valence-corrected chi connectivity index (χ4v) is 4.79. The molecule has 0 bridgehead atoms. The maximum atomic E-state index is 12.6. The highest BCUT2D eigenvalue weighted by Gasteiger charge is 2.33. The smallest absolute Gasteiger partial charge is 0.240 e. The fraction of sp³-hybridized carbons (Fsp3) is 0.579. The molecule has 29 heavy (non-hydrogen) atoms. The zero-order valence-corrected chi connectivity index (χ0v) is 17.6. The molecule has 2 N–H and O–H groups in total. The average Bonchev–Trinajstić information content (AvgIpc) is 3.14. The molecular formula is C19H29N5O4S. The quantitative estimate of drug-likeness (QED) is 0.608. The summed E-state index contributed by atoms with van der Waals surface area (Å²) in [5.41, 5.74) is 0.906. The Balaban J connectivity index is 1.53. The van der Waals surface area contributed by atoms with Crippen LogP contribution in [0.4, 0.5) is 0 Å². The molecule has 1 aromatic carbocycles. The number of hydrogen-bond acceptors (Lipinski definition) is 7. The first-order chi connectivity index (χ1) is 13.9. The number of nitrogens with zero attached hydrogens (tertiary/aromatic N) is 4. The van der Waals surface area contributed by atoms with E-state index in [0.29, 0.717) is 19.4 Å². The second-order valence-corrected chi connectivity index (χ2v) is 9.31. The van der Waals surface area contributed by atoms with Crippen LogP contribution in [0.1, 0.15) is 25.0 Å². The topological polar surface area (TPSA) is 110 Å². The normalized spacial score (nSPS) is 22.8. The van der Waals surface area contributed by atoms with Gasteiger partial charge < -0.3 is 14.7 Å². The minimum Gasteiger partial charge on any atom is -0.394 e. The van der Waals surface area contributed by atoms with Gasteiger partial charge in [0.25, 0.3) is 0 Å². The highest BCUT2D eigenvalue weighted by atomic mass is 32.2. The lowest BCUT2D eigenvalue weighted by Gasteiger charge is -2.36. The van der Waals surface area contributed by atoms with Crippen molar-refractivity contribution in [3.05, 3.63) is 42.2 Å².